The van der Waals surface area contributed by atoms with Gasteiger partial charge in [0.25, 0.3) is 5.91 Å². The second-order valence-corrected chi connectivity index (χ2v) is 8.85. The molecule has 0 spiro atoms. The zero-order chi connectivity index (χ0) is 20.1. The van der Waals surface area contributed by atoms with Crippen LogP contribution in [-0.4, -0.2) is 49.0 Å². The number of thiophene rings is 2. The van der Waals surface area contributed by atoms with E-state index in [9.17, 15) is 4.79 Å². The summed E-state index contributed by atoms with van der Waals surface area (Å²) in [4.78, 5) is 19.4. The van der Waals surface area contributed by atoms with Gasteiger partial charge in [-0.05, 0) is 35.0 Å². The number of carbonyl (C=O) groups excluding carboxylic acids is 1. The third-order valence-corrected chi connectivity index (χ3v) is 6.78. The zero-order valence-corrected chi connectivity index (χ0v) is 18.0. The molecule has 29 heavy (non-hydrogen) atoms. The Balaban J connectivity index is 1.29. The summed E-state index contributed by atoms with van der Waals surface area (Å²) in [6, 6.07) is 13.8. The molecule has 1 aromatic carbocycles. The Kier molecular flexibility index (Phi) is 6.49. The Morgan fingerprint density at radius 2 is 1.83 bits per heavy atom. The lowest BCUT2D eigenvalue weighted by atomic mass is 10.2. The summed E-state index contributed by atoms with van der Waals surface area (Å²) in [6.07, 6.45) is 0. The summed E-state index contributed by atoms with van der Waals surface area (Å²) < 4.78 is 11.2. The first-order valence-corrected chi connectivity index (χ1v) is 11.4. The van der Waals surface area contributed by atoms with Crippen LogP contribution in [0.15, 0.2) is 53.2 Å². The molecule has 0 N–H and O–H groups in total. The molecule has 1 saturated heterocycles. The van der Waals surface area contributed by atoms with Crippen LogP contribution >= 0.6 is 22.7 Å². The van der Waals surface area contributed by atoms with Gasteiger partial charge in [-0.25, -0.2) is 0 Å². The summed E-state index contributed by atoms with van der Waals surface area (Å²) >= 11 is 3.27. The smallest absolute Gasteiger partial charge is 0.264 e. The summed E-state index contributed by atoms with van der Waals surface area (Å²) in [5, 5.41) is 4.11. The molecule has 0 bridgehead atoms. The van der Waals surface area contributed by atoms with Gasteiger partial charge in [-0.15, -0.1) is 22.7 Å². The second-order valence-electron chi connectivity index (χ2n) is 6.91. The van der Waals surface area contributed by atoms with Gasteiger partial charge in [-0.2, -0.15) is 0 Å². The van der Waals surface area contributed by atoms with Gasteiger partial charge in [-0.3, -0.25) is 9.69 Å². The third kappa shape index (κ3) is 4.98. The molecule has 1 fully saturated rings. The van der Waals surface area contributed by atoms with Crippen molar-refractivity contribution in [2.45, 2.75) is 13.2 Å². The molecule has 0 atom stereocenters. The number of hydrogen-bond donors (Lipinski definition) is 0. The van der Waals surface area contributed by atoms with E-state index in [4.69, 9.17) is 9.47 Å². The number of benzene rings is 1. The fraction of sp³-hybridized carbons (Fsp3) is 0.318. The van der Waals surface area contributed by atoms with Crippen molar-refractivity contribution in [3.8, 4) is 11.5 Å². The molecule has 0 saturated carbocycles. The SMILES string of the molecule is COc1ccccc1OCc1csc(C(=O)N2CCN(Cc3cccs3)CC2)c1. The number of hydrogen-bond acceptors (Lipinski definition) is 6. The lowest BCUT2D eigenvalue weighted by Gasteiger charge is -2.34. The number of rotatable bonds is 7. The van der Waals surface area contributed by atoms with Crippen molar-refractivity contribution in [2.75, 3.05) is 33.3 Å². The second kappa shape index (κ2) is 9.43. The van der Waals surface area contributed by atoms with E-state index in [1.165, 1.54) is 16.2 Å². The summed E-state index contributed by atoms with van der Waals surface area (Å²) in [7, 11) is 1.63. The van der Waals surface area contributed by atoms with Crippen LogP contribution in [0, 0.1) is 0 Å². The largest absolute Gasteiger partial charge is 0.493 e. The molecule has 1 aliphatic rings. The van der Waals surface area contributed by atoms with E-state index in [0.29, 0.717) is 18.1 Å². The van der Waals surface area contributed by atoms with Crippen LogP contribution in [-0.2, 0) is 13.2 Å². The topological polar surface area (TPSA) is 42.0 Å². The van der Waals surface area contributed by atoms with Gasteiger partial charge in [0, 0.05) is 43.2 Å². The van der Waals surface area contributed by atoms with E-state index in [2.05, 4.69) is 22.4 Å². The number of methoxy groups -OCH3 is 1. The Morgan fingerprint density at radius 1 is 1.03 bits per heavy atom. The van der Waals surface area contributed by atoms with E-state index >= 15 is 0 Å². The zero-order valence-electron chi connectivity index (χ0n) is 16.4. The highest BCUT2D eigenvalue weighted by atomic mass is 32.1. The van der Waals surface area contributed by atoms with Crippen molar-refractivity contribution in [3.63, 3.8) is 0 Å². The monoisotopic (exact) mass is 428 g/mol. The van der Waals surface area contributed by atoms with Crippen LogP contribution in [0.5, 0.6) is 11.5 Å². The van der Waals surface area contributed by atoms with Crippen molar-refractivity contribution in [2.24, 2.45) is 0 Å². The lowest BCUT2D eigenvalue weighted by Crippen LogP contribution is -2.48. The number of nitrogens with zero attached hydrogens (tertiary/aromatic N) is 2. The van der Waals surface area contributed by atoms with Crippen LogP contribution < -0.4 is 9.47 Å². The van der Waals surface area contributed by atoms with Gasteiger partial charge in [0.05, 0.1) is 12.0 Å². The number of carbonyl (C=O) groups is 1. The maximum absolute atomic E-state index is 12.9. The van der Waals surface area contributed by atoms with Gasteiger partial charge in [-0.1, -0.05) is 18.2 Å². The highest BCUT2D eigenvalue weighted by molar-refractivity contribution is 7.12. The first-order valence-electron chi connectivity index (χ1n) is 9.60. The minimum atomic E-state index is 0.120. The van der Waals surface area contributed by atoms with Crippen molar-refractivity contribution < 1.29 is 14.3 Å². The Morgan fingerprint density at radius 3 is 2.55 bits per heavy atom. The van der Waals surface area contributed by atoms with Crippen LogP contribution in [0.25, 0.3) is 0 Å². The van der Waals surface area contributed by atoms with Crippen LogP contribution in [0.4, 0.5) is 0 Å². The third-order valence-electron chi connectivity index (χ3n) is 4.95. The van der Waals surface area contributed by atoms with Gasteiger partial charge in [0.1, 0.15) is 6.61 Å². The standard InChI is InChI=1S/C22H24N2O3S2/c1-26-19-6-2-3-7-20(19)27-15-17-13-21(29-16-17)22(25)24-10-8-23(9-11-24)14-18-5-4-12-28-18/h2-7,12-13,16H,8-11,14-15H2,1H3. The molecule has 5 nitrogen and oxygen atoms in total. The van der Waals surface area contributed by atoms with Crippen LogP contribution in [0.3, 0.4) is 0 Å². The highest BCUT2D eigenvalue weighted by Gasteiger charge is 2.23. The Hall–Kier alpha value is -2.35. The Labute approximate surface area is 179 Å². The summed E-state index contributed by atoms with van der Waals surface area (Å²) in [5.41, 5.74) is 1.00. The predicted molar refractivity (Wildman–Crippen MR) is 117 cm³/mol. The maximum Gasteiger partial charge on any atom is 0.264 e. The number of para-hydroxylation sites is 2. The summed E-state index contributed by atoms with van der Waals surface area (Å²) in [5.74, 6) is 1.53. The van der Waals surface area contributed by atoms with E-state index < -0.39 is 0 Å². The number of amides is 1. The van der Waals surface area contributed by atoms with E-state index in [-0.39, 0.29) is 5.91 Å². The average Bonchev–Trinajstić information content (AvgIpc) is 3.45. The van der Waals surface area contributed by atoms with E-state index in [1.54, 1.807) is 18.4 Å². The molecule has 152 valence electrons. The molecule has 0 unspecified atom stereocenters. The predicted octanol–water partition coefficient (Wildman–Crippen LogP) is 4.36. The van der Waals surface area contributed by atoms with E-state index in [0.717, 1.165) is 43.2 Å². The molecule has 0 radical (unpaired) electrons. The molecule has 2 aromatic heterocycles. The van der Waals surface area contributed by atoms with Gasteiger partial charge in [0.2, 0.25) is 0 Å². The quantitative estimate of drug-likeness (QED) is 0.561. The fourth-order valence-corrected chi connectivity index (χ4v) is 4.96. The normalized spacial score (nSPS) is 14.7. The molecule has 1 aliphatic heterocycles. The molecular formula is C22H24N2O3S2. The highest BCUT2D eigenvalue weighted by Crippen LogP contribution is 2.27. The molecular weight excluding hydrogens is 404 g/mol. The lowest BCUT2D eigenvalue weighted by molar-refractivity contribution is 0.0634. The van der Waals surface area contributed by atoms with E-state index in [1.807, 2.05) is 40.6 Å². The van der Waals surface area contributed by atoms with Crippen LogP contribution in [0.1, 0.15) is 20.1 Å². The minimum absolute atomic E-state index is 0.120. The van der Waals surface area contributed by atoms with Crippen molar-refractivity contribution in [3.05, 3.63) is 68.5 Å². The molecule has 7 heteroatoms. The van der Waals surface area contributed by atoms with Gasteiger partial charge < -0.3 is 14.4 Å². The maximum atomic E-state index is 12.9. The van der Waals surface area contributed by atoms with Crippen LogP contribution in [0.2, 0.25) is 0 Å². The first kappa shape index (κ1) is 19.9. The molecule has 4 rings (SSSR count). The molecule has 3 heterocycles. The molecule has 3 aromatic rings. The number of ether oxygens (including phenoxy) is 2. The molecule has 0 aliphatic carbocycles. The van der Waals surface area contributed by atoms with Gasteiger partial charge >= 0.3 is 0 Å². The van der Waals surface area contributed by atoms with Crippen molar-refractivity contribution in [1.82, 2.24) is 9.80 Å². The average molecular weight is 429 g/mol. The van der Waals surface area contributed by atoms with Crippen molar-refractivity contribution in [1.29, 1.82) is 0 Å². The minimum Gasteiger partial charge on any atom is -0.493 e. The fourth-order valence-electron chi connectivity index (χ4n) is 3.35. The Bertz CT molecular complexity index is 931. The van der Waals surface area contributed by atoms with Gasteiger partial charge in [0.15, 0.2) is 11.5 Å². The summed E-state index contributed by atoms with van der Waals surface area (Å²) in [6.45, 7) is 4.77. The van der Waals surface area contributed by atoms with Crippen molar-refractivity contribution >= 4 is 28.6 Å². The first-order chi connectivity index (χ1) is 14.2. The number of piperazine rings is 1. The molecule has 1 amide bonds.